The van der Waals surface area contributed by atoms with Gasteiger partial charge in [0, 0.05) is 13.1 Å². The number of unbranched alkanes of at least 4 members (excludes halogenated alkanes) is 1. The molecule has 29 heavy (non-hydrogen) atoms. The Morgan fingerprint density at radius 1 is 1.10 bits per heavy atom. The van der Waals surface area contributed by atoms with Crippen LogP contribution < -0.4 is 16.4 Å². The third-order valence-corrected chi connectivity index (χ3v) is 5.08. The van der Waals surface area contributed by atoms with Gasteiger partial charge in [-0.3, -0.25) is 19.9 Å². The highest BCUT2D eigenvalue weighted by Gasteiger charge is 2.51. The number of benzene rings is 2. The first-order valence-electron chi connectivity index (χ1n) is 9.80. The molecule has 0 bridgehead atoms. The zero-order valence-corrected chi connectivity index (χ0v) is 16.5. The van der Waals surface area contributed by atoms with Crippen LogP contribution in [-0.4, -0.2) is 41.8 Å². The van der Waals surface area contributed by atoms with Gasteiger partial charge >= 0.3 is 0 Å². The van der Waals surface area contributed by atoms with Crippen molar-refractivity contribution < 1.29 is 9.59 Å². The number of nitrogens with zero attached hydrogens (tertiary/aromatic N) is 1. The summed E-state index contributed by atoms with van der Waals surface area (Å²) in [5, 5.41) is 14.3. The average Bonchev–Trinajstić information content (AvgIpc) is 3.00. The van der Waals surface area contributed by atoms with Crippen LogP contribution in [0.3, 0.4) is 0 Å². The first kappa shape index (κ1) is 20.5. The summed E-state index contributed by atoms with van der Waals surface area (Å²) in [5.74, 6) is -0.273. The van der Waals surface area contributed by atoms with Gasteiger partial charge in [-0.25, -0.2) is 0 Å². The predicted octanol–water partition coefficient (Wildman–Crippen LogP) is 1.54. The Hall–Kier alpha value is -3.19. The Bertz CT molecular complexity index is 828. The van der Waals surface area contributed by atoms with Gasteiger partial charge in [0.25, 0.3) is 5.91 Å². The number of guanidine groups is 1. The maximum atomic E-state index is 13.5. The van der Waals surface area contributed by atoms with Crippen molar-refractivity contribution in [1.29, 1.82) is 5.41 Å². The molecule has 1 atom stereocenters. The fourth-order valence-corrected chi connectivity index (χ4v) is 3.52. The van der Waals surface area contributed by atoms with Gasteiger partial charge in [0.15, 0.2) is 11.5 Å². The molecule has 2 aromatic rings. The Kier molecular flexibility index (Phi) is 6.29. The van der Waals surface area contributed by atoms with E-state index in [4.69, 9.17) is 11.1 Å². The van der Waals surface area contributed by atoms with Gasteiger partial charge in [0.05, 0.1) is 6.04 Å². The number of amides is 2. The summed E-state index contributed by atoms with van der Waals surface area (Å²) < 4.78 is 0. The van der Waals surface area contributed by atoms with E-state index in [1.807, 2.05) is 60.7 Å². The summed E-state index contributed by atoms with van der Waals surface area (Å²) in [5.41, 5.74) is 6.01. The smallest absolute Gasteiger partial charge is 0.264 e. The summed E-state index contributed by atoms with van der Waals surface area (Å²) in [6, 6.07) is 18.4. The van der Waals surface area contributed by atoms with Crippen LogP contribution >= 0.6 is 0 Å². The second-order valence-corrected chi connectivity index (χ2v) is 7.20. The van der Waals surface area contributed by atoms with Gasteiger partial charge < -0.3 is 16.4 Å². The van der Waals surface area contributed by atoms with Crippen LogP contribution in [0, 0.1) is 5.41 Å². The highest BCUT2D eigenvalue weighted by molar-refractivity contribution is 6.10. The lowest BCUT2D eigenvalue weighted by molar-refractivity contribution is -0.130. The van der Waals surface area contributed by atoms with Crippen molar-refractivity contribution in [2.45, 2.75) is 31.3 Å². The van der Waals surface area contributed by atoms with Gasteiger partial charge in [-0.15, -0.1) is 0 Å². The molecular formula is C22H27N5O2. The van der Waals surface area contributed by atoms with E-state index in [0.29, 0.717) is 25.9 Å². The molecule has 2 amide bonds. The van der Waals surface area contributed by atoms with Gasteiger partial charge in [0.2, 0.25) is 5.91 Å². The van der Waals surface area contributed by atoms with Crippen molar-refractivity contribution in [3.8, 4) is 0 Å². The van der Waals surface area contributed by atoms with E-state index in [0.717, 1.165) is 11.1 Å². The van der Waals surface area contributed by atoms with Crippen LogP contribution in [0.15, 0.2) is 60.7 Å². The second-order valence-electron chi connectivity index (χ2n) is 7.20. The van der Waals surface area contributed by atoms with E-state index in [9.17, 15) is 9.59 Å². The van der Waals surface area contributed by atoms with Gasteiger partial charge in [-0.1, -0.05) is 60.7 Å². The van der Waals surface area contributed by atoms with E-state index in [-0.39, 0.29) is 17.8 Å². The van der Waals surface area contributed by atoms with Crippen molar-refractivity contribution in [2.24, 2.45) is 5.73 Å². The summed E-state index contributed by atoms with van der Waals surface area (Å²) in [4.78, 5) is 26.5. The number of nitrogens with two attached hydrogens (primary N) is 1. The summed E-state index contributed by atoms with van der Waals surface area (Å²) in [6.07, 6.45) is 1.36. The minimum Gasteiger partial charge on any atom is -0.355 e. The summed E-state index contributed by atoms with van der Waals surface area (Å²) in [7, 11) is 0. The van der Waals surface area contributed by atoms with Crippen molar-refractivity contribution in [1.82, 2.24) is 15.5 Å². The van der Waals surface area contributed by atoms with E-state index in [1.54, 1.807) is 6.92 Å². The minimum atomic E-state index is -1.11. The molecule has 7 heteroatoms. The van der Waals surface area contributed by atoms with Crippen LogP contribution in [0.2, 0.25) is 0 Å². The maximum Gasteiger partial charge on any atom is 0.264 e. The maximum absolute atomic E-state index is 13.5. The standard InChI is InChI=1S/C22H27N5O2/c1-16(23)19(28)25-14-8-9-15-27-20(29)22(26-21(27)24,17-10-4-2-5-11-17)18-12-6-3-7-13-18/h2-7,10-13,16H,8-9,14-15,23H2,1H3,(H2,24,26)(H,25,28). The molecule has 2 aromatic carbocycles. The summed E-state index contributed by atoms with van der Waals surface area (Å²) in [6.45, 7) is 2.53. The van der Waals surface area contributed by atoms with Crippen LogP contribution in [0.25, 0.3) is 0 Å². The van der Waals surface area contributed by atoms with E-state index < -0.39 is 11.6 Å². The molecule has 7 nitrogen and oxygen atoms in total. The molecule has 1 aliphatic heterocycles. The van der Waals surface area contributed by atoms with Gasteiger partial charge in [0.1, 0.15) is 0 Å². The largest absolute Gasteiger partial charge is 0.355 e. The molecule has 3 rings (SSSR count). The number of hydrogen-bond acceptors (Lipinski definition) is 4. The first-order chi connectivity index (χ1) is 14.0. The van der Waals surface area contributed by atoms with Crippen molar-refractivity contribution in [2.75, 3.05) is 13.1 Å². The minimum absolute atomic E-state index is 0.0855. The molecule has 0 spiro atoms. The highest BCUT2D eigenvalue weighted by atomic mass is 16.2. The Morgan fingerprint density at radius 3 is 2.17 bits per heavy atom. The van der Waals surface area contributed by atoms with Crippen molar-refractivity contribution >= 4 is 17.8 Å². The van der Waals surface area contributed by atoms with Crippen LogP contribution in [0.1, 0.15) is 30.9 Å². The lowest BCUT2D eigenvalue weighted by atomic mass is 9.82. The summed E-state index contributed by atoms with van der Waals surface area (Å²) >= 11 is 0. The molecule has 1 heterocycles. The quantitative estimate of drug-likeness (QED) is 0.510. The SMILES string of the molecule is CC(N)C(=O)NCCCCN1C(=N)NC(c2ccccc2)(c2ccccc2)C1=O. The van der Waals surface area contributed by atoms with Crippen molar-refractivity contribution in [3.63, 3.8) is 0 Å². The molecular weight excluding hydrogens is 366 g/mol. The molecule has 5 N–H and O–H groups in total. The average molecular weight is 393 g/mol. The number of nitrogens with one attached hydrogen (secondary N) is 3. The molecule has 1 fully saturated rings. The number of hydrogen-bond donors (Lipinski definition) is 4. The fraction of sp³-hybridized carbons (Fsp3) is 0.318. The lowest BCUT2D eigenvalue weighted by Gasteiger charge is -2.28. The second kappa shape index (κ2) is 8.87. The predicted molar refractivity (Wildman–Crippen MR) is 112 cm³/mol. The van der Waals surface area contributed by atoms with Crippen molar-refractivity contribution in [3.05, 3.63) is 71.8 Å². The fourth-order valence-electron chi connectivity index (χ4n) is 3.52. The Morgan fingerprint density at radius 2 is 1.66 bits per heavy atom. The number of rotatable bonds is 8. The molecule has 1 unspecified atom stereocenters. The van der Waals surface area contributed by atoms with E-state index in [1.165, 1.54) is 4.90 Å². The molecule has 0 aliphatic carbocycles. The van der Waals surface area contributed by atoms with Crippen LogP contribution in [-0.2, 0) is 15.1 Å². The molecule has 1 saturated heterocycles. The van der Waals surface area contributed by atoms with E-state index in [2.05, 4.69) is 10.6 Å². The third-order valence-electron chi connectivity index (χ3n) is 5.08. The molecule has 0 saturated carbocycles. The molecule has 0 radical (unpaired) electrons. The van der Waals surface area contributed by atoms with Crippen LogP contribution in [0.4, 0.5) is 0 Å². The highest BCUT2D eigenvalue weighted by Crippen LogP contribution is 2.35. The molecule has 152 valence electrons. The first-order valence-corrected chi connectivity index (χ1v) is 9.80. The lowest BCUT2D eigenvalue weighted by Crippen LogP contribution is -2.45. The van der Waals surface area contributed by atoms with E-state index >= 15 is 0 Å². The van der Waals surface area contributed by atoms with Crippen LogP contribution in [0.5, 0.6) is 0 Å². The molecule has 1 aliphatic rings. The Labute approximate surface area is 170 Å². The number of carbonyl (C=O) groups excluding carboxylic acids is 2. The Balaban J connectivity index is 1.75. The number of carbonyl (C=O) groups is 2. The molecule has 0 aromatic heterocycles. The zero-order chi connectivity index (χ0) is 20.9. The van der Waals surface area contributed by atoms with Gasteiger partial charge in [-0.2, -0.15) is 0 Å². The third kappa shape index (κ3) is 4.14. The normalized spacial score (nSPS) is 16.4. The topological polar surface area (TPSA) is 111 Å². The monoisotopic (exact) mass is 393 g/mol. The zero-order valence-electron chi connectivity index (χ0n) is 16.5. The van der Waals surface area contributed by atoms with Gasteiger partial charge in [-0.05, 0) is 30.9 Å².